The Bertz CT molecular complexity index is 333. The lowest BCUT2D eigenvalue weighted by Crippen LogP contribution is -2.30. The number of ether oxygens (including phenoxy) is 1. The second-order valence-corrected chi connectivity index (χ2v) is 4.56. The van der Waals surface area contributed by atoms with E-state index in [1.165, 1.54) is 12.8 Å². The lowest BCUT2D eigenvalue weighted by atomic mass is 10.2. The molecule has 1 aliphatic rings. The summed E-state index contributed by atoms with van der Waals surface area (Å²) in [5, 5.41) is 0. The Hall–Kier alpha value is -1.06. The number of hydrogen-bond acceptors (Lipinski definition) is 3. The minimum atomic E-state index is 0.589. The summed E-state index contributed by atoms with van der Waals surface area (Å²) in [5.41, 5.74) is 6.69. The topological polar surface area (TPSA) is 38.5 Å². The highest BCUT2D eigenvalue weighted by Crippen LogP contribution is 2.26. The number of benzene rings is 1. The van der Waals surface area contributed by atoms with E-state index in [0.717, 1.165) is 37.1 Å². The summed E-state index contributed by atoms with van der Waals surface area (Å²) >= 11 is 0. The second-order valence-electron chi connectivity index (χ2n) is 4.56. The Morgan fingerprint density at radius 1 is 1.29 bits per heavy atom. The van der Waals surface area contributed by atoms with Crippen molar-refractivity contribution in [2.45, 2.75) is 32.4 Å². The Labute approximate surface area is 104 Å². The molecule has 0 saturated heterocycles. The lowest BCUT2D eigenvalue weighted by Gasteiger charge is -2.19. The highest BCUT2D eigenvalue weighted by atomic mass is 16.5. The van der Waals surface area contributed by atoms with Crippen LogP contribution in [-0.2, 0) is 6.54 Å². The summed E-state index contributed by atoms with van der Waals surface area (Å²) in [6.07, 6.45) is 2.72. The van der Waals surface area contributed by atoms with Crippen LogP contribution in [0.15, 0.2) is 24.3 Å². The highest BCUT2D eigenvalue weighted by molar-refractivity contribution is 5.27. The molecule has 1 fully saturated rings. The molecule has 0 amide bonds. The van der Waals surface area contributed by atoms with Gasteiger partial charge in [0.15, 0.2) is 0 Å². The average Bonchev–Trinajstić information content (AvgIpc) is 3.20. The smallest absolute Gasteiger partial charge is 0.119 e. The van der Waals surface area contributed by atoms with Gasteiger partial charge in [-0.05, 0) is 37.1 Å². The van der Waals surface area contributed by atoms with Gasteiger partial charge in [0.05, 0.1) is 0 Å². The Kier molecular flexibility index (Phi) is 4.40. The van der Waals surface area contributed by atoms with Gasteiger partial charge in [-0.3, -0.25) is 4.90 Å². The molecule has 0 heterocycles. The van der Waals surface area contributed by atoms with Gasteiger partial charge in [0.1, 0.15) is 12.4 Å². The minimum Gasteiger partial charge on any atom is -0.492 e. The molecule has 0 unspecified atom stereocenters. The third kappa shape index (κ3) is 3.72. The van der Waals surface area contributed by atoms with Gasteiger partial charge in [-0.25, -0.2) is 0 Å². The van der Waals surface area contributed by atoms with E-state index in [4.69, 9.17) is 10.5 Å². The van der Waals surface area contributed by atoms with Crippen LogP contribution in [0.3, 0.4) is 0 Å². The van der Waals surface area contributed by atoms with Crippen LogP contribution in [-0.4, -0.2) is 30.6 Å². The molecule has 0 atom stereocenters. The summed E-state index contributed by atoms with van der Waals surface area (Å²) in [7, 11) is 0. The third-order valence-corrected chi connectivity index (χ3v) is 3.28. The lowest BCUT2D eigenvalue weighted by molar-refractivity contribution is 0.209. The molecule has 1 aliphatic carbocycles. The van der Waals surface area contributed by atoms with Gasteiger partial charge in [-0.15, -0.1) is 0 Å². The zero-order chi connectivity index (χ0) is 12.1. The maximum atomic E-state index is 5.73. The molecule has 3 nitrogen and oxygen atoms in total. The van der Waals surface area contributed by atoms with Gasteiger partial charge in [-0.2, -0.15) is 0 Å². The number of rotatable bonds is 7. The van der Waals surface area contributed by atoms with Crippen LogP contribution < -0.4 is 10.5 Å². The molecule has 2 N–H and O–H groups in total. The maximum Gasteiger partial charge on any atom is 0.119 e. The highest BCUT2D eigenvalue weighted by Gasteiger charge is 2.27. The molecule has 1 aromatic rings. The van der Waals surface area contributed by atoms with Gasteiger partial charge in [-0.1, -0.05) is 19.1 Å². The Morgan fingerprint density at radius 3 is 2.53 bits per heavy atom. The molecular weight excluding hydrogens is 212 g/mol. The van der Waals surface area contributed by atoms with Gasteiger partial charge in [0, 0.05) is 19.1 Å². The normalized spacial score (nSPS) is 15.2. The van der Waals surface area contributed by atoms with E-state index in [1.807, 2.05) is 24.3 Å². The Balaban J connectivity index is 1.73. The molecule has 0 bridgehead atoms. The third-order valence-electron chi connectivity index (χ3n) is 3.28. The average molecular weight is 234 g/mol. The summed E-state index contributed by atoms with van der Waals surface area (Å²) in [6.45, 7) is 5.73. The minimum absolute atomic E-state index is 0.589. The molecule has 17 heavy (non-hydrogen) atoms. The van der Waals surface area contributed by atoms with Crippen molar-refractivity contribution in [3.05, 3.63) is 29.8 Å². The van der Waals surface area contributed by atoms with E-state index in [2.05, 4.69) is 11.8 Å². The summed E-state index contributed by atoms with van der Waals surface area (Å²) < 4.78 is 5.73. The zero-order valence-corrected chi connectivity index (χ0v) is 10.6. The van der Waals surface area contributed by atoms with Crippen molar-refractivity contribution in [2.75, 3.05) is 19.7 Å². The van der Waals surface area contributed by atoms with Crippen LogP contribution in [0.5, 0.6) is 5.75 Å². The largest absolute Gasteiger partial charge is 0.492 e. The van der Waals surface area contributed by atoms with E-state index >= 15 is 0 Å². The monoisotopic (exact) mass is 234 g/mol. The molecule has 0 spiro atoms. The van der Waals surface area contributed by atoms with Gasteiger partial charge in [0.25, 0.3) is 0 Å². The van der Waals surface area contributed by atoms with Crippen LogP contribution in [0, 0.1) is 0 Å². The van der Waals surface area contributed by atoms with E-state index in [-0.39, 0.29) is 0 Å². The van der Waals surface area contributed by atoms with Crippen LogP contribution in [0.4, 0.5) is 0 Å². The summed E-state index contributed by atoms with van der Waals surface area (Å²) in [4.78, 5) is 2.49. The summed E-state index contributed by atoms with van der Waals surface area (Å²) in [5.74, 6) is 0.939. The standard InChI is InChI=1S/C14H22N2O/c1-2-16(13-5-6-13)9-10-17-14-7-3-12(11-15)4-8-14/h3-4,7-8,13H,2,5-6,9-11,15H2,1H3. The molecular formula is C14H22N2O. The quantitative estimate of drug-likeness (QED) is 0.784. The van der Waals surface area contributed by atoms with Crippen molar-refractivity contribution in [2.24, 2.45) is 5.73 Å². The fraction of sp³-hybridized carbons (Fsp3) is 0.571. The SMILES string of the molecule is CCN(CCOc1ccc(CN)cc1)C1CC1. The number of hydrogen-bond donors (Lipinski definition) is 1. The van der Waals surface area contributed by atoms with Gasteiger partial charge >= 0.3 is 0 Å². The maximum absolute atomic E-state index is 5.73. The van der Waals surface area contributed by atoms with Crippen LogP contribution in [0.1, 0.15) is 25.3 Å². The summed E-state index contributed by atoms with van der Waals surface area (Å²) in [6, 6.07) is 8.86. The number of likely N-dealkylation sites (N-methyl/N-ethyl adjacent to an activating group) is 1. The van der Waals surface area contributed by atoms with Gasteiger partial charge < -0.3 is 10.5 Å². The van der Waals surface area contributed by atoms with E-state index in [1.54, 1.807) is 0 Å². The van der Waals surface area contributed by atoms with Crippen molar-refractivity contribution in [1.82, 2.24) is 4.90 Å². The molecule has 0 radical (unpaired) electrons. The van der Waals surface area contributed by atoms with Crippen LogP contribution >= 0.6 is 0 Å². The van der Waals surface area contributed by atoms with Crippen molar-refractivity contribution >= 4 is 0 Å². The van der Waals surface area contributed by atoms with Crippen molar-refractivity contribution < 1.29 is 4.74 Å². The fourth-order valence-corrected chi connectivity index (χ4v) is 2.04. The first-order valence-corrected chi connectivity index (χ1v) is 6.49. The molecule has 1 aromatic carbocycles. The fourth-order valence-electron chi connectivity index (χ4n) is 2.04. The molecule has 94 valence electrons. The first-order valence-electron chi connectivity index (χ1n) is 6.49. The van der Waals surface area contributed by atoms with Crippen molar-refractivity contribution in [3.63, 3.8) is 0 Å². The number of nitrogens with two attached hydrogens (primary N) is 1. The molecule has 0 aromatic heterocycles. The van der Waals surface area contributed by atoms with Crippen molar-refractivity contribution in [1.29, 1.82) is 0 Å². The zero-order valence-electron chi connectivity index (χ0n) is 10.6. The predicted octanol–water partition coefficient (Wildman–Crippen LogP) is 2.01. The Morgan fingerprint density at radius 2 is 2.00 bits per heavy atom. The molecule has 2 rings (SSSR count). The van der Waals surface area contributed by atoms with E-state index in [0.29, 0.717) is 6.54 Å². The van der Waals surface area contributed by atoms with Crippen LogP contribution in [0.2, 0.25) is 0 Å². The number of nitrogens with zero attached hydrogens (tertiary/aromatic N) is 1. The molecule has 1 saturated carbocycles. The second kappa shape index (κ2) is 6.03. The van der Waals surface area contributed by atoms with E-state index in [9.17, 15) is 0 Å². The van der Waals surface area contributed by atoms with Gasteiger partial charge in [0.2, 0.25) is 0 Å². The first kappa shape index (κ1) is 12.4. The molecule has 0 aliphatic heterocycles. The van der Waals surface area contributed by atoms with Crippen molar-refractivity contribution in [3.8, 4) is 5.75 Å². The van der Waals surface area contributed by atoms with E-state index < -0.39 is 0 Å². The first-order chi connectivity index (χ1) is 8.33. The predicted molar refractivity (Wildman–Crippen MR) is 70.1 cm³/mol. The molecule has 3 heteroatoms. The van der Waals surface area contributed by atoms with Crippen LogP contribution in [0.25, 0.3) is 0 Å².